The van der Waals surface area contributed by atoms with Crippen LogP contribution in [0.5, 0.6) is 0 Å². The zero-order valence-corrected chi connectivity index (χ0v) is 14.1. The Balaban J connectivity index is 1.95. The van der Waals surface area contributed by atoms with Crippen molar-refractivity contribution < 1.29 is 0 Å². The van der Waals surface area contributed by atoms with Crippen molar-refractivity contribution in [1.29, 1.82) is 0 Å². The Morgan fingerprint density at radius 1 is 1.25 bits per heavy atom. The summed E-state index contributed by atoms with van der Waals surface area (Å²) in [6.45, 7) is 11.0. The Morgan fingerprint density at radius 2 is 2.00 bits per heavy atom. The molecule has 2 aliphatic rings. The predicted molar refractivity (Wildman–Crippen MR) is 88.2 cm³/mol. The van der Waals surface area contributed by atoms with E-state index in [-0.39, 0.29) is 0 Å². The van der Waals surface area contributed by atoms with Gasteiger partial charge in [-0.25, -0.2) is 0 Å². The predicted octanol–water partition coefficient (Wildman–Crippen LogP) is 4.20. The molecule has 0 aromatic rings. The van der Waals surface area contributed by atoms with Crippen LogP contribution in [0.15, 0.2) is 0 Å². The maximum absolute atomic E-state index is 3.91. The van der Waals surface area contributed by atoms with E-state index in [2.05, 4.69) is 31.0 Å². The number of hydrogen-bond acceptors (Lipinski definition) is 2. The van der Waals surface area contributed by atoms with Gasteiger partial charge in [-0.2, -0.15) is 0 Å². The van der Waals surface area contributed by atoms with Crippen molar-refractivity contribution in [3.05, 3.63) is 0 Å². The summed E-state index contributed by atoms with van der Waals surface area (Å²) in [5, 5.41) is 3.91. The van der Waals surface area contributed by atoms with E-state index in [1.807, 2.05) is 0 Å². The largest absolute Gasteiger partial charge is 0.310 e. The van der Waals surface area contributed by atoms with Crippen LogP contribution in [0.4, 0.5) is 0 Å². The molecule has 2 rings (SSSR count). The fraction of sp³-hybridized carbons (Fsp3) is 1.00. The van der Waals surface area contributed by atoms with Crippen LogP contribution in [0.1, 0.15) is 78.6 Å². The molecule has 118 valence electrons. The number of nitrogens with zero attached hydrogens (tertiary/aromatic N) is 1. The summed E-state index contributed by atoms with van der Waals surface area (Å²) >= 11 is 0. The Labute approximate surface area is 126 Å². The third kappa shape index (κ3) is 4.21. The fourth-order valence-corrected chi connectivity index (χ4v) is 4.21. The lowest BCUT2D eigenvalue weighted by atomic mass is 9.94. The molecule has 1 saturated heterocycles. The quantitative estimate of drug-likeness (QED) is 0.784. The Kier molecular flexibility index (Phi) is 6.35. The topological polar surface area (TPSA) is 15.3 Å². The van der Waals surface area contributed by atoms with E-state index in [1.165, 1.54) is 77.4 Å². The van der Waals surface area contributed by atoms with Gasteiger partial charge in [-0.15, -0.1) is 0 Å². The van der Waals surface area contributed by atoms with Crippen LogP contribution in [-0.2, 0) is 0 Å². The van der Waals surface area contributed by atoms with Crippen LogP contribution >= 0.6 is 0 Å². The molecular formula is C18H36N2. The lowest BCUT2D eigenvalue weighted by Crippen LogP contribution is -2.51. The molecule has 0 aromatic heterocycles. The Hall–Kier alpha value is -0.0800. The minimum absolute atomic E-state index is 0.466. The molecule has 1 spiro atoms. The van der Waals surface area contributed by atoms with Gasteiger partial charge in [-0.05, 0) is 45.1 Å². The molecule has 0 bridgehead atoms. The highest BCUT2D eigenvalue weighted by Gasteiger charge is 2.38. The van der Waals surface area contributed by atoms with Gasteiger partial charge in [-0.3, -0.25) is 4.90 Å². The second kappa shape index (κ2) is 7.79. The minimum Gasteiger partial charge on any atom is -0.310 e. The zero-order chi connectivity index (χ0) is 14.4. The van der Waals surface area contributed by atoms with Crippen LogP contribution in [0, 0.1) is 5.92 Å². The molecule has 1 saturated carbocycles. The normalized spacial score (nSPS) is 28.6. The maximum atomic E-state index is 3.91. The summed E-state index contributed by atoms with van der Waals surface area (Å²) in [6.07, 6.45) is 12.5. The molecule has 1 N–H and O–H groups in total. The van der Waals surface area contributed by atoms with Crippen molar-refractivity contribution in [2.45, 2.75) is 90.1 Å². The van der Waals surface area contributed by atoms with E-state index in [0.717, 1.165) is 12.0 Å². The van der Waals surface area contributed by atoms with Crippen molar-refractivity contribution in [3.63, 3.8) is 0 Å². The van der Waals surface area contributed by atoms with Gasteiger partial charge < -0.3 is 5.32 Å². The van der Waals surface area contributed by atoms with Crippen LogP contribution in [0.3, 0.4) is 0 Å². The van der Waals surface area contributed by atoms with Crippen LogP contribution in [-0.4, -0.2) is 36.1 Å². The lowest BCUT2D eigenvalue weighted by molar-refractivity contribution is 0.138. The first-order valence-electron chi connectivity index (χ1n) is 9.18. The SMILES string of the molecule is CCCCC(CC)CN1CC2(CCCC2)NCCC1C. The van der Waals surface area contributed by atoms with E-state index >= 15 is 0 Å². The van der Waals surface area contributed by atoms with Crippen molar-refractivity contribution in [2.75, 3.05) is 19.6 Å². The zero-order valence-electron chi connectivity index (χ0n) is 14.1. The van der Waals surface area contributed by atoms with E-state index < -0.39 is 0 Å². The smallest absolute Gasteiger partial charge is 0.0308 e. The molecule has 2 unspecified atom stereocenters. The molecule has 2 fully saturated rings. The standard InChI is InChI=1S/C18H36N2/c1-4-6-9-17(5-2)14-20-15-18(11-7-8-12-18)19-13-10-16(20)3/h16-17,19H,4-15H2,1-3H3. The summed E-state index contributed by atoms with van der Waals surface area (Å²) in [4.78, 5) is 2.83. The monoisotopic (exact) mass is 280 g/mol. The van der Waals surface area contributed by atoms with Crippen LogP contribution < -0.4 is 5.32 Å². The Bertz CT molecular complexity index is 271. The maximum Gasteiger partial charge on any atom is 0.0308 e. The molecule has 2 heteroatoms. The molecule has 20 heavy (non-hydrogen) atoms. The van der Waals surface area contributed by atoms with Crippen LogP contribution in [0.2, 0.25) is 0 Å². The van der Waals surface area contributed by atoms with Gasteiger partial charge in [0, 0.05) is 24.7 Å². The summed E-state index contributed by atoms with van der Waals surface area (Å²) in [5.41, 5.74) is 0.466. The van der Waals surface area contributed by atoms with Gasteiger partial charge in [0.15, 0.2) is 0 Å². The summed E-state index contributed by atoms with van der Waals surface area (Å²) in [7, 11) is 0. The molecule has 1 aliphatic heterocycles. The van der Waals surface area contributed by atoms with E-state index in [1.54, 1.807) is 0 Å². The van der Waals surface area contributed by atoms with Gasteiger partial charge >= 0.3 is 0 Å². The second-order valence-electron chi connectivity index (χ2n) is 7.40. The van der Waals surface area contributed by atoms with Gasteiger partial charge in [-0.1, -0.05) is 46.0 Å². The van der Waals surface area contributed by atoms with Crippen LogP contribution in [0.25, 0.3) is 0 Å². The van der Waals surface area contributed by atoms with Crippen molar-refractivity contribution >= 4 is 0 Å². The van der Waals surface area contributed by atoms with E-state index in [4.69, 9.17) is 0 Å². The van der Waals surface area contributed by atoms with E-state index in [0.29, 0.717) is 5.54 Å². The third-order valence-corrected chi connectivity index (χ3v) is 5.79. The average molecular weight is 280 g/mol. The molecule has 1 aliphatic carbocycles. The molecule has 2 atom stereocenters. The molecule has 2 nitrogen and oxygen atoms in total. The van der Waals surface area contributed by atoms with Gasteiger partial charge in [0.05, 0.1) is 0 Å². The second-order valence-corrected chi connectivity index (χ2v) is 7.40. The Morgan fingerprint density at radius 3 is 2.65 bits per heavy atom. The number of rotatable bonds is 6. The minimum atomic E-state index is 0.466. The summed E-state index contributed by atoms with van der Waals surface area (Å²) in [5.74, 6) is 0.911. The molecular weight excluding hydrogens is 244 g/mol. The average Bonchev–Trinajstić information content (AvgIpc) is 2.84. The van der Waals surface area contributed by atoms with Gasteiger partial charge in [0.1, 0.15) is 0 Å². The fourth-order valence-electron chi connectivity index (χ4n) is 4.21. The molecule has 0 radical (unpaired) electrons. The first-order valence-corrected chi connectivity index (χ1v) is 9.18. The lowest BCUT2D eigenvalue weighted by Gasteiger charge is -2.37. The highest BCUT2D eigenvalue weighted by molar-refractivity contribution is 4.98. The molecule has 0 aromatic carbocycles. The first kappa shape index (κ1) is 16.3. The summed E-state index contributed by atoms with van der Waals surface area (Å²) in [6, 6.07) is 0.762. The molecule has 0 amide bonds. The first-order chi connectivity index (χ1) is 9.69. The highest BCUT2D eigenvalue weighted by Crippen LogP contribution is 2.33. The summed E-state index contributed by atoms with van der Waals surface area (Å²) < 4.78 is 0. The third-order valence-electron chi connectivity index (χ3n) is 5.79. The van der Waals surface area contributed by atoms with E-state index in [9.17, 15) is 0 Å². The van der Waals surface area contributed by atoms with Crippen molar-refractivity contribution in [1.82, 2.24) is 10.2 Å². The molecule has 1 heterocycles. The number of unbranched alkanes of at least 4 members (excludes halogenated alkanes) is 1. The number of hydrogen-bond donors (Lipinski definition) is 1. The highest BCUT2D eigenvalue weighted by atomic mass is 15.2. The van der Waals surface area contributed by atoms with Gasteiger partial charge in [0.25, 0.3) is 0 Å². The van der Waals surface area contributed by atoms with Gasteiger partial charge in [0.2, 0.25) is 0 Å². The van der Waals surface area contributed by atoms with Crippen molar-refractivity contribution in [2.24, 2.45) is 5.92 Å². The number of nitrogens with one attached hydrogen (secondary N) is 1. The van der Waals surface area contributed by atoms with Crippen molar-refractivity contribution in [3.8, 4) is 0 Å².